The van der Waals surface area contributed by atoms with Crippen LogP contribution in [-0.4, -0.2) is 21.0 Å². The molecular formula is C21H20N4O. The molecule has 5 heteroatoms. The molecule has 2 N–H and O–H groups in total. The molecule has 3 aromatic rings. The molecule has 1 heterocycles. The van der Waals surface area contributed by atoms with Gasteiger partial charge >= 0.3 is 0 Å². The van der Waals surface area contributed by atoms with Crippen molar-refractivity contribution in [3.63, 3.8) is 0 Å². The van der Waals surface area contributed by atoms with E-state index in [1.54, 1.807) is 16.8 Å². The molecule has 1 aliphatic carbocycles. The van der Waals surface area contributed by atoms with Crippen LogP contribution < -0.4 is 5.32 Å². The van der Waals surface area contributed by atoms with E-state index in [0.29, 0.717) is 18.5 Å². The molecule has 0 saturated heterocycles. The van der Waals surface area contributed by atoms with Gasteiger partial charge in [0.25, 0.3) is 0 Å². The van der Waals surface area contributed by atoms with Gasteiger partial charge in [0, 0.05) is 37.3 Å². The lowest BCUT2D eigenvalue weighted by molar-refractivity contribution is 0.140. The molecule has 1 aliphatic rings. The monoisotopic (exact) mass is 344 g/mol. The average molecular weight is 344 g/mol. The van der Waals surface area contributed by atoms with Crippen LogP contribution in [0.1, 0.15) is 28.3 Å². The summed E-state index contributed by atoms with van der Waals surface area (Å²) < 4.78 is 1.80. The van der Waals surface area contributed by atoms with E-state index >= 15 is 0 Å². The first kappa shape index (κ1) is 16.5. The molecule has 2 atom stereocenters. The number of hydrogen-bond acceptors (Lipinski definition) is 4. The highest BCUT2D eigenvalue weighted by molar-refractivity contribution is 5.63. The van der Waals surface area contributed by atoms with Crippen LogP contribution in [0.4, 0.5) is 0 Å². The second-order valence-corrected chi connectivity index (χ2v) is 6.69. The predicted molar refractivity (Wildman–Crippen MR) is 99.1 cm³/mol. The van der Waals surface area contributed by atoms with Gasteiger partial charge in [-0.05, 0) is 23.3 Å². The first-order valence-corrected chi connectivity index (χ1v) is 8.68. The molecule has 0 saturated carbocycles. The molecule has 0 fully saturated rings. The normalized spacial score (nSPS) is 18.5. The molecule has 2 aromatic carbocycles. The van der Waals surface area contributed by atoms with Crippen LogP contribution in [0.2, 0.25) is 0 Å². The Bertz CT molecular complexity index is 968. The largest absolute Gasteiger partial charge is 0.391 e. The topological polar surface area (TPSA) is 73.9 Å². The summed E-state index contributed by atoms with van der Waals surface area (Å²) in [5, 5.41) is 27.5. The van der Waals surface area contributed by atoms with Crippen molar-refractivity contribution >= 4 is 0 Å². The summed E-state index contributed by atoms with van der Waals surface area (Å²) >= 11 is 0. The second-order valence-electron chi connectivity index (χ2n) is 6.69. The average Bonchev–Trinajstić information content (AvgIpc) is 3.19. The van der Waals surface area contributed by atoms with Crippen molar-refractivity contribution in [3.8, 4) is 17.3 Å². The minimum absolute atomic E-state index is 0.0692. The Morgan fingerprint density at radius 2 is 2.00 bits per heavy atom. The number of aliphatic hydroxyl groups excluding tert-OH is 1. The van der Waals surface area contributed by atoms with Crippen LogP contribution in [0.25, 0.3) is 11.3 Å². The fourth-order valence-electron chi connectivity index (χ4n) is 3.65. The van der Waals surface area contributed by atoms with Crippen LogP contribution in [0.5, 0.6) is 0 Å². The van der Waals surface area contributed by atoms with Gasteiger partial charge < -0.3 is 10.4 Å². The second kappa shape index (κ2) is 6.75. The number of rotatable bonds is 4. The number of hydrogen-bond donors (Lipinski definition) is 2. The Hall–Kier alpha value is -2.94. The predicted octanol–water partition coefficient (Wildman–Crippen LogP) is 2.71. The molecule has 0 unspecified atom stereocenters. The molecule has 26 heavy (non-hydrogen) atoms. The third-order valence-electron chi connectivity index (χ3n) is 4.91. The van der Waals surface area contributed by atoms with Crippen molar-refractivity contribution in [2.24, 2.45) is 7.05 Å². The maximum absolute atomic E-state index is 10.4. The Kier molecular flexibility index (Phi) is 4.29. The van der Waals surface area contributed by atoms with Crippen molar-refractivity contribution in [2.75, 3.05) is 0 Å². The maximum Gasteiger partial charge on any atom is 0.0991 e. The number of aromatic nitrogens is 2. The summed E-state index contributed by atoms with van der Waals surface area (Å²) in [5.74, 6) is 0. The van der Waals surface area contributed by atoms with Crippen LogP contribution in [-0.2, 0) is 20.0 Å². The van der Waals surface area contributed by atoms with Gasteiger partial charge in [0.05, 0.1) is 29.5 Å². The van der Waals surface area contributed by atoms with Crippen LogP contribution in [0.15, 0.2) is 54.7 Å². The van der Waals surface area contributed by atoms with Crippen molar-refractivity contribution in [3.05, 3.63) is 77.0 Å². The number of fused-ring (bicyclic) bond motifs is 1. The number of benzene rings is 2. The van der Waals surface area contributed by atoms with E-state index in [-0.39, 0.29) is 6.04 Å². The molecule has 0 bridgehead atoms. The molecule has 0 spiro atoms. The van der Waals surface area contributed by atoms with Crippen molar-refractivity contribution in [1.29, 1.82) is 5.26 Å². The van der Waals surface area contributed by atoms with Crippen LogP contribution >= 0.6 is 0 Å². The van der Waals surface area contributed by atoms with E-state index in [1.165, 1.54) is 11.1 Å². The van der Waals surface area contributed by atoms with Gasteiger partial charge in [-0.1, -0.05) is 36.4 Å². The summed E-state index contributed by atoms with van der Waals surface area (Å²) in [5.41, 5.74) is 5.95. The number of aryl methyl sites for hydroxylation is 1. The summed E-state index contributed by atoms with van der Waals surface area (Å²) in [6, 6.07) is 17.7. The Balaban J connectivity index is 1.57. The molecule has 4 rings (SSSR count). The third-order valence-corrected chi connectivity index (χ3v) is 4.91. The van der Waals surface area contributed by atoms with E-state index in [1.807, 2.05) is 37.5 Å². The first-order chi connectivity index (χ1) is 12.7. The van der Waals surface area contributed by atoms with Crippen molar-refractivity contribution in [2.45, 2.75) is 25.1 Å². The third kappa shape index (κ3) is 3.01. The molecule has 0 aliphatic heterocycles. The summed E-state index contributed by atoms with van der Waals surface area (Å²) in [4.78, 5) is 0. The molecule has 5 nitrogen and oxygen atoms in total. The maximum atomic E-state index is 10.4. The summed E-state index contributed by atoms with van der Waals surface area (Å²) in [6.45, 7) is 0.610. The number of nitrogens with one attached hydrogen (secondary N) is 1. The van der Waals surface area contributed by atoms with Gasteiger partial charge in [-0.3, -0.25) is 4.68 Å². The van der Waals surface area contributed by atoms with E-state index in [9.17, 15) is 5.11 Å². The standard InChI is InChI=1S/C21H20N4O/c1-25-13-17(20(24-25)15-8-6-14(11-22)7-9-15)12-23-21-18-5-3-2-4-16(18)10-19(21)26/h2-9,13,19,21,23,26H,10,12H2,1H3/t19-,21+/m0/s1. The fraction of sp³-hybridized carbons (Fsp3) is 0.238. The zero-order valence-electron chi connectivity index (χ0n) is 14.6. The molecule has 0 radical (unpaired) electrons. The Morgan fingerprint density at radius 1 is 1.23 bits per heavy atom. The Labute approximate surface area is 152 Å². The SMILES string of the molecule is Cn1cc(CN[C@@H]2c3ccccc3C[C@@H]2O)c(-c2ccc(C#N)cc2)n1. The molecular weight excluding hydrogens is 324 g/mol. The number of nitrogens with zero attached hydrogens (tertiary/aromatic N) is 3. The lowest BCUT2D eigenvalue weighted by atomic mass is 10.0. The Morgan fingerprint density at radius 3 is 2.77 bits per heavy atom. The highest BCUT2D eigenvalue weighted by Gasteiger charge is 2.30. The van der Waals surface area contributed by atoms with E-state index < -0.39 is 6.10 Å². The molecule has 0 amide bonds. The van der Waals surface area contributed by atoms with Crippen molar-refractivity contribution in [1.82, 2.24) is 15.1 Å². The highest BCUT2D eigenvalue weighted by Crippen LogP contribution is 2.32. The zero-order valence-corrected chi connectivity index (χ0v) is 14.6. The number of nitriles is 1. The van der Waals surface area contributed by atoms with Gasteiger partial charge in [0.1, 0.15) is 0 Å². The van der Waals surface area contributed by atoms with Crippen molar-refractivity contribution < 1.29 is 5.11 Å². The van der Waals surface area contributed by atoms with Gasteiger partial charge in [0.15, 0.2) is 0 Å². The van der Waals surface area contributed by atoms with Gasteiger partial charge in [-0.25, -0.2) is 0 Å². The van der Waals surface area contributed by atoms with Gasteiger partial charge in [-0.15, -0.1) is 0 Å². The van der Waals surface area contributed by atoms with E-state index in [2.05, 4.69) is 28.6 Å². The minimum atomic E-state index is -0.414. The van der Waals surface area contributed by atoms with Gasteiger partial charge in [0.2, 0.25) is 0 Å². The quantitative estimate of drug-likeness (QED) is 0.763. The minimum Gasteiger partial charge on any atom is -0.391 e. The summed E-state index contributed by atoms with van der Waals surface area (Å²) in [7, 11) is 1.90. The van der Waals surface area contributed by atoms with Crippen LogP contribution in [0.3, 0.4) is 0 Å². The van der Waals surface area contributed by atoms with Gasteiger partial charge in [-0.2, -0.15) is 10.4 Å². The smallest absolute Gasteiger partial charge is 0.0991 e. The highest BCUT2D eigenvalue weighted by atomic mass is 16.3. The zero-order chi connectivity index (χ0) is 18.1. The number of aliphatic hydroxyl groups is 1. The lowest BCUT2D eigenvalue weighted by Gasteiger charge is -2.18. The van der Waals surface area contributed by atoms with E-state index in [0.717, 1.165) is 16.8 Å². The molecule has 130 valence electrons. The first-order valence-electron chi connectivity index (χ1n) is 8.68. The lowest BCUT2D eigenvalue weighted by Crippen LogP contribution is -2.28. The van der Waals surface area contributed by atoms with Crippen LogP contribution in [0, 0.1) is 11.3 Å². The van der Waals surface area contributed by atoms with E-state index in [4.69, 9.17) is 5.26 Å². The molecule has 1 aromatic heterocycles. The fourth-order valence-corrected chi connectivity index (χ4v) is 3.65. The summed E-state index contributed by atoms with van der Waals surface area (Å²) in [6.07, 6.45) is 2.26.